The molecule has 0 radical (unpaired) electrons. The lowest BCUT2D eigenvalue weighted by Crippen LogP contribution is -2.29. The Bertz CT molecular complexity index is 1550. The number of hydrogen-bond acceptors (Lipinski definition) is 5. The number of carbonyl (C=O) groups excluding carboxylic acids is 2. The molecule has 37 heavy (non-hydrogen) atoms. The fourth-order valence-electron chi connectivity index (χ4n) is 4.42. The first-order valence-electron chi connectivity index (χ1n) is 11.3. The largest absolute Gasteiger partial charge is 0.507 e. The van der Waals surface area contributed by atoms with Gasteiger partial charge in [0.1, 0.15) is 11.6 Å². The summed E-state index contributed by atoms with van der Waals surface area (Å²) in [6.45, 7) is 0. The summed E-state index contributed by atoms with van der Waals surface area (Å²) in [7, 11) is 0. The van der Waals surface area contributed by atoms with Gasteiger partial charge in [-0.1, -0.05) is 42.5 Å². The summed E-state index contributed by atoms with van der Waals surface area (Å²) in [5.41, 5.74) is 2.30. The van der Waals surface area contributed by atoms with Gasteiger partial charge in [-0.3, -0.25) is 24.6 Å². The van der Waals surface area contributed by atoms with Crippen LogP contribution in [0.25, 0.3) is 16.9 Å². The summed E-state index contributed by atoms with van der Waals surface area (Å²) >= 11 is 0. The van der Waals surface area contributed by atoms with E-state index in [0.717, 1.165) is 23.3 Å². The molecule has 0 saturated carbocycles. The Hall–Kier alpha value is -5.11. The topological polar surface area (TPSA) is 101 Å². The van der Waals surface area contributed by atoms with Crippen LogP contribution >= 0.6 is 0 Å². The number of non-ortho nitro benzene ring substituents is 1. The minimum Gasteiger partial charge on any atom is -0.507 e. The fraction of sp³-hybridized carbons (Fsp3) is 0.0345. The molecule has 1 heterocycles. The average molecular weight is 494 g/mol. The van der Waals surface area contributed by atoms with Crippen LogP contribution < -0.4 is 4.90 Å². The molecule has 8 heteroatoms. The Morgan fingerprint density at radius 2 is 1.49 bits per heavy atom. The van der Waals surface area contributed by atoms with Crippen molar-refractivity contribution in [1.29, 1.82) is 0 Å². The van der Waals surface area contributed by atoms with E-state index in [-0.39, 0.29) is 16.8 Å². The number of ketones is 1. The molecule has 1 fully saturated rings. The number of nitrogens with zero attached hydrogens (tertiary/aromatic N) is 2. The number of amides is 1. The molecule has 0 bridgehead atoms. The van der Waals surface area contributed by atoms with Crippen LogP contribution in [0.5, 0.6) is 0 Å². The number of carbonyl (C=O) groups is 2. The van der Waals surface area contributed by atoms with Crippen LogP contribution in [0.3, 0.4) is 0 Å². The van der Waals surface area contributed by atoms with E-state index in [2.05, 4.69) is 0 Å². The van der Waals surface area contributed by atoms with Gasteiger partial charge < -0.3 is 5.11 Å². The smallest absolute Gasteiger partial charge is 0.300 e. The lowest BCUT2D eigenvalue weighted by Gasteiger charge is -2.26. The van der Waals surface area contributed by atoms with Gasteiger partial charge in [0.2, 0.25) is 0 Å². The predicted octanol–water partition coefficient (Wildman–Crippen LogP) is 6.03. The molecule has 1 aliphatic heterocycles. The van der Waals surface area contributed by atoms with Gasteiger partial charge in [0, 0.05) is 23.4 Å². The number of hydrogen-bond donors (Lipinski definition) is 1. The Labute approximate surface area is 210 Å². The maximum absolute atomic E-state index is 13.5. The maximum Gasteiger partial charge on any atom is 0.300 e. The summed E-state index contributed by atoms with van der Waals surface area (Å²) in [5, 5.41) is 22.3. The lowest BCUT2D eigenvalue weighted by molar-refractivity contribution is -0.384. The molecule has 1 aliphatic rings. The van der Waals surface area contributed by atoms with Gasteiger partial charge in [0.25, 0.3) is 17.4 Å². The molecular formula is C29H19FN2O5. The third-order valence-electron chi connectivity index (χ3n) is 6.21. The summed E-state index contributed by atoms with van der Waals surface area (Å²) < 4.78 is 13.5. The maximum atomic E-state index is 13.5. The quantitative estimate of drug-likeness (QED) is 0.120. The number of halogens is 1. The third kappa shape index (κ3) is 4.36. The van der Waals surface area contributed by atoms with Crippen molar-refractivity contribution in [3.63, 3.8) is 0 Å². The van der Waals surface area contributed by atoms with E-state index < -0.39 is 34.2 Å². The molecule has 1 N–H and O–H groups in total. The van der Waals surface area contributed by atoms with Crippen molar-refractivity contribution in [2.45, 2.75) is 6.04 Å². The lowest BCUT2D eigenvalue weighted by atomic mass is 9.94. The molecule has 1 atom stereocenters. The molecular weight excluding hydrogens is 475 g/mol. The van der Waals surface area contributed by atoms with E-state index in [9.17, 15) is 29.2 Å². The van der Waals surface area contributed by atoms with Crippen molar-refractivity contribution in [3.05, 3.63) is 136 Å². The van der Waals surface area contributed by atoms with Gasteiger partial charge >= 0.3 is 0 Å². The van der Waals surface area contributed by atoms with Crippen LogP contribution in [-0.4, -0.2) is 21.7 Å². The Morgan fingerprint density at radius 3 is 2.14 bits per heavy atom. The molecule has 7 nitrogen and oxygen atoms in total. The van der Waals surface area contributed by atoms with E-state index in [0.29, 0.717) is 11.3 Å². The second-order valence-corrected chi connectivity index (χ2v) is 8.44. The molecule has 1 amide bonds. The second-order valence-electron chi connectivity index (χ2n) is 8.44. The highest BCUT2D eigenvalue weighted by atomic mass is 19.1. The number of aliphatic hydroxyl groups is 1. The van der Waals surface area contributed by atoms with Crippen molar-refractivity contribution in [3.8, 4) is 11.1 Å². The Morgan fingerprint density at radius 1 is 0.838 bits per heavy atom. The van der Waals surface area contributed by atoms with Crippen LogP contribution in [0, 0.1) is 15.9 Å². The average Bonchev–Trinajstić information content (AvgIpc) is 3.19. The summed E-state index contributed by atoms with van der Waals surface area (Å²) in [6.07, 6.45) is 0. The number of benzene rings is 4. The van der Waals surface area contributed by atoms with Crippen LogP contribution in [0.1, 0.15) is 17.2 Å². The number of anilines is 1. The van der Waals surface area contributed by atoms with E-state index in [1.807, 2.05) is 36.4 Å². The third-order valence-corrected chi connectivity index (χ3v) is 6.21. The Kier molecular flexibility index (Phi) is 6.07. The number of nitro benzene ring substituents is 1. The highest BCUT2D eigenvalue weighted by Crippen LogP contribution is 2.43. The fourth-order valence-corrected chi connectivity index (χ4v) is 4.42. The zero-order chi connectivity index (χ0) is 26.1. The number of nitro groups is 1. The van der Waals surface area contributed by atoms with E-state index in [1.165, 1.54) is 41.3 Å². The van der Waals surface area contributed by atoms with Gasteiger partial charge in [0.05, 0.1) is 16.5 Å². The van der Waals surface area contributed by atoms with Crippen molar-refractivity contribution in [2.75, 3.05) is 4.90 Å². The van der Waals surface area contributed by atoms with Gasteiger partial charge in [0.15, 0.2) is 0 Å². The van der Waals surface area contributed by atoms with Crippen molar-refractivity contribution in [1.82, 2.24) is 0 Å². The molecule has 5 rings (SSSR count). The van der Waals surface area contributed by atoms with Crippen LogP contribution in [0.15, 0.2) is 109 Å². The van der Waals surface area contributed by atoms with Gasteiger partial charge in [-0.15, -0.1) is 0 Å². The van der Waals surface area contributed by atoms with E-state index >= 15 is 0 Å². The summed E-state index contributed by atoms with van der Waals surface area (Å²) in [4.78, 5) is 38.6. The molecule has 1 saturated heterocycles. The molecule has 4 aromatic rings. The molecule has 1 unspecified atom stereocenters. The van der Waals surface area contributed by atoms with Crippen LogP contribution in [0.4, 0.5) is 15.8 Å². The van der Waals surface area contributed by atoms with Crippen molar-refractivity contribution in [2.24, 2.45) is 0 Å². The SMILES string of the molecule is O=C1C(=O)N(c2cccc(-c3ccccc3)c2)C(c2ccc([N+](=O)[O-])cc2)/C1=C(/O)c1ccc(F)cc1. The minimum atomic E-state index is -1.07. The highest BCUT2D eigenvalue weighted by molar-refractivity contribution is 6.51. The van der Waals surface area contributed by atoms with Crippen molar-refractivity contribution < 1.29 is 24.0 Å². The van der Waals surface area contributed by atoms with Gasteiger partial charge in [-0.05, 0) is 65.2 Å². The first kappa shape index (κ1) is 23.6. The highest BCUT2D eigenvalue weighted by Gasteiger charge is 2.47. The van der Waals surface area contributed by atoms with E-state index in [4.69, 9.17) is 0 Å². The van der Waals surface area contributed by atoms with E-state index in [1.54, 1.807) is 18.2 Å². The van der Waals surface area contributed by atoms with Crippen LogP contribution in [0.2, 0.25) is 0 Å². The van der Waals surface area contributed by atoms with Gasteiger partial charge in [-0.25, -0.2) is 4.39 Å². The zero-order valence-electron chi connectivity index (χ0n) is 19.2. The first-order chi connectivity index (χ1) is 17.8. The summed E-state index contributed by atoms with van der Waals surface area (Å²) in [6, 6.07) is 25.8. The Balaban J connectivity index is 1.69. The molecule has 0 spiro atoms. The molecule has 0 aliphatic carbocycles. The monoisotopic (exact) mass is 494 g/mol. The second kappa shape index (κ2) is 9.50. The van der Waals surface area contributed by atoms with Gasteiger partial charge in [-0.2, -0.15) is 0 Å². The number of rotatable bonds is 5. The predicted molar refractivity (Wildman–Crippen MR) is 136 cm³/mol. The minimum absolute atomic E-state index is 0.157. The number of Topliss-reactive ketones (excluding diaryl/α,β-unsaturated/α-hetero) is 1. The molecule has 182 valence electrons. The summed E-state index contributed by atoms with van der Waals surface area (Å²) in [5.74, 6) is -2.78. The first-order valence-corrected chi connectivity index (χ1v) is 11.3. The standard InChI is InChI=1S/C29H19FN2O5/c30-22-13-9-20(10-14-22)27(33)25-26(19-11-15-23(16-12-19)32(36)37)31(29(35)28(25)34)24-8-4-7-21(17-24)18-5-2-1-3-6-18/h1-17,26,33H/b27-25-. The van der Waals surface area contributed by atoms with Crippen LogP contribution in [-0.2, 0) is 9.59 Å². The normalized spacial score (nSPS) is 16.7. The molecule has 4 aromatic carbocycles. The molecule has 0 aromatic heterocycles. The van der Waals surface area contributed by atoms with Crippen molar-refractivity contribution >= 4 is 28.8 Å². The number of aliphatic hydroxyl groups excluding tert-OH is 1. The zero-order valence-corrected chi connectivity index (χ0v) is 19.2.